The van der Waals surface area contributed by atoms with Gasteiger partial charge >= 0.3 is 0 Å². The quantitative estimate of drug-likeness (QED) is 0.461. The molecule has 15 heavy (non-hydrogen) atoms. The molecule has 0 aliphatic heterocycles. The maximum absolute atomic E-state index is 10.1. The van der Waals surface area contributed by atoms with E-state index in [9.17, 15) is 5.11 Å². The molecule has 1 N–H and O–H groups in total. The average molecular weight is 328 g/mol. The highest BCUT2D eigenvalue weighted by atomic mass is 127. The SMILES string of the molecule is CC(C)CC(C)N(C(C)C)C(O)N(C)I. The van der Waals surface area contributed by atoms with Crippen molar-refractivity contribution in [1.82, 2.24) is 8.01 Å². The fourth-order valence-electron chi connectivity index (χ4n) is 1.99. The number of hydrogen-bond acceptors (Lipinski definition) is 3. The molecule has 4 heteroatoms. The summed E-state index contributed by atoms with van der Waals surface area (Å²) in [5, 5.41) is 10.1. The van der Waals surface area contributed by atoms with E-state index in [-0.39, 0.29) is 0 Å². The fourth-order valence-corrected chi connectivity index (χ4v) is 2.28. The van der Waals surface area contributed by atoms with Gasteiger partial charge < -0.3 is 5.11 Å². The van der Waals surface area contributed by atoms with Gasteiger partial charge in [0.1, 0.15) is 0 Å². The fraction of sp³-hybridized carbons (Fsp3) is 1.00. The largest absolute Gasteiger partial charge is 0.364 e. The van der Waals surface area contributed by atoms with Crippen LogP contribution in [0.5, 0.6) is 0 Å². The Morgan fingerprint density at radius 2 is 1.60 bits per heavy atom. The first-order valence-electron chi connectivity index (χ1n) is 5.61. The van der Waals surface area contributed by atoms with Gasteiger partial charge in [-0.2, -0.15) is 0 Å². The molecule has 0 spiro atoms. The molecule has 0 aromatic heterocycles. The number of aliphatic hydroxyl groups excluding tert-OH is 1. The van der Waals surface area contributed by atoms with Gasteiger partial charge in [-0.3, -0.25) is 4.90 Å². The maximum Gasteiger partial charge on any atom is 0.174 e. The molecule has 0 saturated heterocycles. The van der Waals surface area contributed by atoms with E-state index in [1.54, 1.807) is 0 Å². The molecule has 0 rings (SSSR count). The van der Waals surface area contributed by atoms with E-state index in [1.165, 1.54) is 0 Å². The number of halogens is 1. The van der Waals surface area contributed by atoms with Crippen LogP contribution in [0.4, 0.5) is 0 Å². The lowest BCUT2D eigenvalue weighted by atomic mass is 10.0. The Morgan fingerprint density at radius 3 is 1.87 bits per heavy atom. The molecule has 0 heterocycles. The number of hydrogen-bond donors (Lipinski definition) is 1. The minimum absolute atomic E-state index is 0.353. The molecule has 0 radical (unpaired) electrons. The molecule has 0 bridgehead atoms. The van der Waals surface area contributed by atoms with Crippen LogP contribution in [0.15, 0.2) is 0 Å². The second-order valence-corrected chi connectivity index (χ2v) is 6.41. The monoisotopic (exact) mass is 328 g/mol. The average Bonchev–Trinajstić information content (AvgIpc) is 2.01. The van der Waals surface area contributed by atoms with Gasteiger partial charge in [0, 0.05) is 42.0 Å². The van der Waals surface area contributed by atoms with E-state index in [4.69, 9.17) is 0 Å². The van der Waals surface area contributed by atoms with Crippen LogP contribution in [-0.4, -0.2) is 38.6 Å². The molecule has 0 aliphatic rings. The highest BCUT2D eigenvalue weighted by Crippen LogP contribution is 2.19. The Bertz CT molecular complexity index is 174. The predicted molar refractivity (Wildman–Crippen MR) is 73.7 cm³/mol. The number of nitrogens with zero attached hydrogens (tertiary/aromatic N) is 2. The molecule has 2 unspecified atom stereocenters. The van der Waals surface area contributed by atoms with Crippen LogP contribution in [-0.2, 0) is 0 Å². The summed E-state index contributed by atoms with van der Waals surface area (Å²) in [6.07, 6.45) is 0.610. The van der Waals surface area contributed by atoms with Crippen molar-refractivity contribution in [3.05, 3.63) is 0 Å². The lowest BCUT2D eigenvalue weighted by Crippen LogP contribution is -2.51. The van der Waals surface area contributed by atoms with Gasteiger partial charge in [-0.25, -0.2) is 3.11 Å². The van der Waals surface area contributed by atoms with Crippen LogP contribution in [0.2, 0.25) is 0 Å². The smallest absolute Gasteiger partial charge is 0.174 e. The molecule has 0 fully saturated rings. The van der Waals surface area contributed by atoms with E-state index in [0.717, 1.165) is 6.42 Å². The first kappa shape index (κ1) is 15.6. The normalized spacial score (nSPS) is 16.8. The first-order chi connectivity index (χ1) is 6.77. The summed E-state index contributed by atoms with van der Waals surface area (Å²) in [6, 6.07) is 0.753. The second-order valence-electron chi connectivity index (χ2n) is 4.89. The predicted octanol–water partition coefficient (Wildman–Crippen LogP) is 2.69. The molecule has 92 valence electrons. The Morgan fingerprint density at radius 1 is 1.13 bits per heavy atom. The zero-order valence-electron chi connectivity index (χ0n) is 10.7. The van der Waals surface area contributed by atoms with Gasteiger partial charge in [-0.05, 0) is 33.1 Å². The Balaban J connectivity index is 4.51. The minimum Gasteiger partial charge on any atom is -0.364 e. The Labute approximate surface area is 108 Å². The lowest BCUT2D eigenvalue weighted by molar-refractivity contribution is -0.0923. The van der Waals surface area contributed by atoms with Crippen LogP contribution in [0.3, 0.4) is 0 Å². The van der Waals surface area contributed by atoms with E-state index >= 15 is 0 Å². The first-order valence-corrected chi connectivity index (χ1v) is 6.58. The van der Waals surface area contributed by atoms with Gasteiger partial charge in [0.15, 0.2) is 6.35 Å². The van der Waals surface area contributed by atoms with E-state index in [0.29, 0.717) is 18.0 Å². The van der Waals surface area contributed by atoms with Crippen molar-refractivity contribution >= 4 is 22.9 Å². The van der Waals surface area contributed by atoms with Gasteiger partial charge in [0.2, 0.25) is 0 Å². The highest BCUT2D eigenvalue weighted by molar-refractivity contribution is 14.1. The van der Waals surface area contributed by atoms with Crippen molar-refractivity contribution in [3.8, 4) is 0 Å². The second kappa shape index (κ2) is 7.04. The van der Waals surface area contributed by atoms with Crippen molar-refractivity contribution in [2.24, 2.45) is 5.92 Å². The molecule has 0 aromatic rings. The molecule has 3 nitrogen and oxygen atoms in total. The summed E-state index contributed by atoms with van der Waals surface area (Å²) in [7, 11) is 1.89. The van der Waals surface area contributed by atoms with Gasteiger partial charge in [-0.15, -0.1) is 0 Å². The van der Waals surface area contributed by atoms with E-state index in [2.05, 4.69) is 62.4 Å². The van der Waals surface area contributed by atoms with Gasteiger partial charge in [0.05, 0.1) is 0 Å². The van der Waals surface area contributed by atoms with Crippen LogP contribution in [0.25, 0.3) is 0 Å². The lowest BCUT2D eigenvalue weighted by Gasteiger charge is -2.39. The Hall–Kier alpha value is 0.610. The van der Waals surface area contributed by atoms with Crippen molar-refractivity contribution < 1.29 is 5.11 Å². The summed E-state index contributed by atoms with van der Waals surface area (Å²) < 4.78 is 1.81. The molecule has 2 atom stereocenters. The van der Waals surface area contributed by atoms with E-state index < -0.39 is 6.35 Å². The molecular weight excluding hydrogens is 303 g/mol. The topological polar surface area (TPSA) is 26.7 Å². The van der Waals surface area contributed by atoms with Gasteiger partial charge in [-0.1, -0.05) is 13.8 Å². The van der Waals surface area contributed by atoms with Crippen molar-refractivity contribution in [1.29, 1.82) is 0 Å². The summed E-state index contributed by atoms with van der Waals surface area (Å²) >= 11 is 2.13. The third-order valence-electron chi connectivity index (χ3n) is 2.50. The zero-order chi connectivity index (χ0) is 12.2. The van der Waals surface area contributed by atoms with Crippen molar-refractivity contribution in [2.75, 3.05) is 7.05 Å². The highest BCUT2D eigenvalue weighted by Gasteiger charge is 2.26. The molecule has 0 aromatic carbocycles. The van der Waals surface area contributed by atoms with Crippen LogP contribution in [0.1, 0.15) is 41.0 Å². The van der Waals surface area contributed by atoms with Crippen LogP contribution >= 0.6 is 22.9 Å². The van der Waals surface area contributed by atoms with Crippen LogP contribution in [0, 0.1) is 5.92 Å². The van der Waals surface area contributed by atoms with Crippen molar-refractivity contribution in [2.45, 2.75) is 59.5 Å². The summed E-state index contributed by atoms with van der Waals surface area (Å²) in [5.41, 5.74) is 0. The maximum atomic E-state index is 10.1. The zero-order valence-corrected chi connectivity index (χ0v) is 12.9. The molecule has 0 amide bonds. The number of aliphatic hydroxyl groups is 1. The molecule has 0 saturated carbocycles. The minimum atomic E-state index is -0.501. The standard InChI is InChI=1S/C11H25IN2O/c1-8(2)7-10(5)14(9(3)4)11(15)13(6)12/h8-11,15H,7H2,1-6H3. The van der Waals surface area contributed by atoms with E-state index in [1.807, 2.05) is 10.2 Å². The summed E-state index contributed by atoms with van der Waals surface area (Å²) in [6.45, 7) is 10.9. The molecular formula is C11H25IN2O. The summed E-state index contributed by atoms with van der Waals surface area (Å²) in [5.74, 6) is 0.660. The van der Waals surface area contributed by atoms with Crippen molar-refractivity contribution in [3.63, 3.8) is 0 Å². The third-order valence-corrected chi connectivity index (χ3v) is 3.00. The Kier molecular flexibility index (Phi) is 7.32. The molecule has 0 aliphatic carbocycles. The van der Waals surface area contributed by atoms with Gasteiger partial charge in [0.25, 0.3) is 0 Å². The summed E-state index contributed by atoms with van der Waals surface area (Å²) in [4.78, 5) is 2.15. The van der Waals surface area contributed by atoms with Crippen LogP contribution < -0.4 is 0 Å². The third kappa shape index (κ3) is 5.47. The number of rotatable bonds is 6.